The lowest BCUT2D eigenvalue weighted by atomic mass is 10.2. The van der Waals surface area contributed by atoms with Gasteiger partial charge in [0.15, 0.2) is 0 Å². The molecule has 0 radical (unpaired) electrons. The number of ether oxygens (including phenoxy) is 1. The highest BCUT2D eigenvalue weighted by atomic mass is 19.1. The minimum absolute atomic E-state index is 0.127. The molecule has 0 heterocycles. The first-order valence-corrected chi connectivity index (χ1v) is 4.87. The van der Waals surface area contributed by atoms with Gasteiger partial charge >= 0.3 is 6.09 Å². The number of carbonyl (C=O) groups excluding carboxylic acids is 1. The van der Waals surface area contributed by atoms with Gasteiger partial charge in [-0.1, -0.05) is 24.3 Å². The Labute approximate surface area is 93.9 Å². The molecule has 0 aromatic heterocycles. The number of hydrogen-bond acceptors (Lipinski definition) is 2. The lowest BCUT2D eigenvalue weighted by molar-refractivity contribution is 0.140. The van der Waals surface area contributed by atoms with Crippen LogP contribution < -0.4 is 5.32 Å². The highest BCUT2D eigenvalue weighted by Gasteiger charge is 2.01. The standard InChI is InChI=1S/C12H14FNO2/c1-9(2)7-14-12(15)16-8-10-3-5-11(13)6-4-10/h3-6H,1,7-8H2,2H3,(H,14,15). The summed E-state index contributed by atoms with van der Waals surface area (Å²) >= 11 is 0. The van der Waals surface area contributed by atoms with E-state index >= 15 is 0 Å². The zero-order valence-corrected chi connectivity index (χ0v) is 9.13. The SMILES string of the molecule is C=C(C)CNC(=O)OCc1ccc(F)cc1. The van der Waals surface area contributed by atoms with Gasteiger partial charge in [-0.3, -0.25) is 0 Å². The van der Waals surface area contributed by atoms with E-state index in [0.29, 0.717) is 6.54 Å². The second kappa shape index (κ2) is 5.90. The van der Waals surface area contributed by atoms with E-state index in [1.165, 1.54) is 12.1 Å². The van der Waals surface area contributed by atoms with Crippen LogP contribution in [0.3, 0.4) is 0 Å². The summed E-state index contributed by atoms with van der Waals surface area (Å²) in [6.45, 7) is 5.97. The molecule has 1 rings (SSSR count). The molecule has 0 bridgehead atoms. The van der Waals surface area contributed by atoms with Crippen LogP contribution in [-0.2, 0) is 11.3 Å². The fraction of sp³-hybridized carbons (Fsp3) is 0.250. The number of hydrogen-bond donors (Lipinski definition) is 1. The van der Waals surface area contributed by atoms with E-state index in [1.54, 1.807) is 19.1 Å². The molecule has 0 aliphatic carbocycles. The molecule has 1 aromatic carbocycles. The second-order valence-electron chi connectivity index (χ2n) is 3.51. The third-order valence-electron chi connectivity index (χ3n) is 1.82. The summed E-state index contributed by atoms with van der Waals surface area (Å²) in [5.41, 5.74) is 1.59. The van der Waals surface area contributed by atoms with Gasteiger partial charge in [-0.05, 0) is 24.6 Å². The van der Waals surface area contributed by atoms with Crippen LogP contribution in [0.2, 0.25) is 0 Å². The number of alkyl carbamates (subject to hydrolysis) is 1. The lowest BCUT2D eigenvalue weighted by Gasteiger charge is -2.06. The molecule has 0 aliphatic heterocycles. The van der Waals surface area contributed by atoms with E-state index < -0.39 is 6.09 Å². The van der Waals surface area contributed by atoms with Gasteiger partial charge in [0.1, 0.15) is 12.4 Å². The molecule has 0 unspecified atom stereocenters. The number of carbonyl (C=O) groups is 1. The van der Waals surface area contributed by atoms with Crippen LogP contribution in [0.25, 0.3) is 0 Å². The summed E-state index contributed by atoms with van der Waals surface area (Å²) in [5.74, 6) is -0.310. The Balaban J connectivity index is 2.31. The van der Waals surface area contributed by atoms with Crippen molar-refractivity contribution in [2.45, 2.75) is 13.5 Å². The molecule has 0 aliphatic rings. The van der Waals surface area contributed by atoms with Crippen molar-refractivity contribution < 1.29 is 13.9 Å². The zero-order valence-electron chi connectivity index (χ0n) is 9.13. The Hall–Kier alpha value is -1.84. The maximum atomic E-state index is 12.6. The minimum Gasteiger partial charge on any atom is -0.445 e. The van der Waals surface area contributed by atoms with Crippen molar-refractivity contribution in [1.82, 2.24) is 5.32 Å². The van der Waals surface area contributed by atoms with Crippen LogP contribution in [-0.4, -0.2) is 12.6 Å². The van der Waals surface area contributed by atoms with Gasteiger partial charge in [-0.15, -0.1) is 0 Å². The van der Waals surface area contributed by atoms with Crippen molar-refractivity contribution in [3.05, 3.63) is 47.8 Å². The highest BCUT2D eigenvalue weighted by molar-refractivity contribution is 5.67. The van der Waals surface area contributed by atoms with Gasteiger partial charge < -0.3 is 10.1 Å². The first-order valence-electron chi connectivity index (χ1n) is 4.87. The van der Waals surface area contributed by atoms with E-state index in [9.17, 15) is 9.18 Å². The average molecular weight is 223 g/mol. The predicted octanol–water partition coefficient (Wildman–Crippen LogP) is 2.63. The number of amides is 1. The van der Waals surface area contributed by atoms with Crippen molar-refractivity contribution >= 4 is 6.09 Å². The smallest absolute Gasteiger partial charge is 0.407 e. The molecule has 0 atom stereocenters. The van der Waals surface area contributed by atoms with Crippen molar-refractivity contribution in [2.24, 2.45) is 0 Å². The minimum atomic E-state index is -0.507. The molecule has 1 aromatic rings. The molecule has 1 amide bonds. The van der Waals surface area contributed by atoms with Gasteiger partial charge in [0, 0.05) is 6.54 Å². The molecule has 0 saturated carbocycles. The van der Waals surface area contributed by atoms with Crippen molar-refractivity contribution in [2.75, 3.05) is 6.54 Å². The maximum Gasteiger partial charge on any atom is 0.407 e. The second-order valence-corrected chi connectivity index (χ2v) is 3.51. The zero-order chi connectivity index (χ0) is 12.0. The number of rotatable bonds is 4. The summed E-state index contributed by atoms with van der Waals surface area (Å²) < 4.78 is 17.5. The van der Waals surface area contributed by atoms with E-state index in [0.717, 1.165) is 11.1 Å². The van der Waals surface area contributed by atoms with Crippen LogP contribution in [0, 0.1) is 5.82 Å². The molecular formula is C12H14FNO2. The van der Waals surface area contributed by atoms with Crippen LogP contribution >= 0.6 is 0 Å². The highest BCUT2D eigenvalue weighted by Crippen LogP contribution is 2.04. The molecule has 0 spiro atoms. The summed E-state index contributed by atoms with van der Waals surface area (Å²) in [7, 11) is 0. The van der Waals surface area contributed by atoms with Crippen molar-refractivity contribution in [1.29, 1.82) is 0 Å². The fourth-order valence-corrected chi connectivity index (χ4v) is 1.00. The molecule has 0 saturated heterocycles. The van der Waals surface area contributed by atoms with E-state index in [4.69, 9.17) is 4.74 Å². The largest absolute Gasteiger partial charge is 0.445 e. The Morgan fingerprint density at radius 3 is 2.62 bits per heavy atom. The Morgan fingerprint density at radius 1 is 1.44 bits per heavy atom. The molecule has 3 nitrogen and oxygen atoms in total. The first kappa shape index (κ1) is 12.2. The van der Waals surface area contributed by atoms with Crippen LogP contribution in [0.5, 0.6) is 0 Å². The molecule has 86 valence electrons. The van der Waals surface area contributed by atoms with E-state index in [-0.39, 0.29) is 12.4 Å². The van der Waals surface area contributed by atoms with Crippen LogP contribution in [0.4, 0.5) is 9.18 Å². The van der Waals surface area contributed by atoms with Gasteiger partial charge in [0.2, 0.25) is 0 Å². The lowest BCUT2D eigenvalue weighted by Crippen LogP contribution is -2.25. The maximum absolute atomic E-state index is 12.6. The fourth-order valence-electron chi connectivity index (χ4n) is 1.00. The quantitative estimate of drug-likeness (QED) is 0.797. The molecular weight excluding hydrogens is 209 g/mol. The third-order valence-corrected chi connectivity index (χ3v) is 1.82. The molecule has 0 fully saturated rings. The normalized spacial score (nSPS) is 9.62. The predicted molar refractivity (Wildman–Crippen MR) is 59.4 cm³/mol. The number of benzene rings is 1. The summed E-state index contributed by atoms with van der Waals surface area (Å²) in [4.78, 5) is 11.1. The van der Waals surface area contributed by atoms with Crippen LogP contribution in [0.15, 0.2) is 36.4 Å². The van der Waals surface area contributed by atoms with Crippen molar-refractivity contribution in [3.63, 3.8) is 0 Å². The van der Waals surface area contributed by atoms with Crippen molar-refractivity contribution in [3.8, 4) is 0 Å². The summed E-state index contributed by atoms with van der Waals surface area (Å²) in [6.07, 6.45) is -0.507. The Kier molecular flexibility index (Phi) is 4.51. The van der Waals surface area contributed by atoms with Crippen LogP contribution in [0.1, 0.15) is 12.5 Å². The molecule has 16 heavy (non-hydrogen) atoms. The Bertz CT molecular complexity index is 373. The number of halogens is 1. The average Bonchev–Trinajstić information content (AvgIpc) is 2.25. The summed E-state index contributed by atoms with van der Waals surface area (Å²) in [6, 6.07) is 5.79. The number of nitrogens with one attached hydrogen (secondary N) is 1. The molecule has 1 N–H and O–H groups in total. The van der Waals surface area contributed by atoms with E-state index in [2.05, 4.69) is 11.9 Å². The van der Waals surface area contributed by atoms with Gasteiger partial charge in [0.05, 0.1) is 0 Å². The Morgan fingerprint density at radius 2 is 2.06 bits per heavy atom. The van der Waals surface area contributed by atoms with Gasteiger partial charge in [0.25, 0.3) is 0 Å². The third kappa shape index (κ3) is 4.59. The monoisotopic (exact) mass is 223 g/mol. The van der Waals surface area contributed by atoms with Gasteiger partial charge in [-0.2, -0.15) is 0 Å². The topological polar surface area (TPSA) is 38.3 Å². The molecule has 4 heteroatoms. The summed E-state index contributed by atoms with van der Waals surface area (Å²) in [5, 5.41) is 2.53. The van der Waals surface area contributed by atoms with Gasteiger partial charge in [-0.25, -0.2) is 9.18 Å². The first-order chi connectivity index (χ1) is 7.58. The van der Waals surface area contributed by atoms with E-state index in [1.807, 2.05) is 0 Å².